The zero-order valence-corrected chi connectivity index (χ0v) is 9.03. The van der Waals surface area contributed by atoms with Gasteiger partial charge < -0.3 is 0 Å². The van der Waals surface area contributed by atoms with Crippen LogP contribution in [0.5, 0.6) is 0 Å². The van der Waals surface area contributed by atoms with Gasteiger partial charge in [0.25, 0.3) is 0 Å². The van der Waals surface area contributed by atoms with Crippen LogP contribution in [-0.4, -0.2) is 0 Å². The molecule has 1 radical (unpaired) electrons. The van der Waals surface area contributed by atoms with Gasteiger partial charge in [-0.25, -0.2) is 0 Å². The molecule has 0 unspecified atom stereocenters. The Morgan fingerprint density at radius 2 is 1.73 bits per heavy atom. The molecule has 0 aromatic heterocycles. The number of benzene rings is 2. The molecule has 0 aliphatic heterocycles. The molecule has 0 aliphatic rings. The molecule has 0 atom stereocenters. The van der Waals surface area contributed by atoms with Gasteiger partial charge in [0.1, 0.15) is 0 Å². The molecule has 0 saturated carbocycles. The van der Waals surface area contributed by atoms with Crippen molar-refractivity contribution >= 4 is 0 Å². The van der Waals surface area contributed by atoms with Crippen LogP contribution in [0.2, 0.25) is 0 Å². The molecular weight excluding hydrogens is 180 g/mol. The van der Waals surface area contributed by atoms with Gasteiger partial charge in [0.15, 0.2) is 0 Å². The Hall–Kier alpha value is -1.56. The lowest BCUT2D eigenvalue weighted by Gasteiger charge is -2.07. The first-order valence-corrected chi connectivity index (χ1v) is 5.25. The van der Waals surface area contributed by atoms with Gasteiger partial charge in [-0.05, 0) is 42.5 Å². The zero-order valence-electron chi connectivity index (χ0n) is 9.03. The van der Waals surface area contributed by atoms with Crippen LogP contribution in [0.4, 0.5) is 0 Å². The summed E-state index contributed by atoms with van der Waals surface area (Å²) in [6.45, 7) is 6.05. The van der Waals surface area contributed by atoms with E-state index in [1.165, 1.54) is 22.3 Å². The van der Waals surface area contributed by atoms with Crippen LogP contribution < -0.4 is 0 Å². The average molecular weight is 195 g/mol. The Bertz CT molecular complexity index is 441. The van der Waals surface area contributed by atoms with Crippen molar-refractivity contribution in [2.45, 2.75) is 13.3 Å². The molecule has 0 heterocycles. The van der Waals surface area contributed by atoms with Crippen LogP contribution in [-0.2, 0) is 6.42 Å². The Kier molecular flexibility index (Phi) is 2.86. The third-order valence-electron chi connectivity index (χ3n) is 2.66. The van der Waals surface area contributed by atoms with Crippen LogP contribution in [0.3, 0.4) is 0 Å². The maximum absolute atomic E-state index is 3.90. The fourth-order valence-electron chi connectivity index (χ4n) is 1.82. The highest BCUT2D eigenvalue weighted by Gasteiger charge is 2.01. The van der Waals surface area contributed by atoms with Gasteiger partial charge in [-0.15, -0.1) is 0 Å². The van der Waals surface area contributed by atoms with E-state index in [-0.39, 0.29) is 0 Å². The first kappa shape index (κ1) is 9.97. The summed E-state index contributed by atoms with van der Waals surface area (Å²) in [4.78, 5) is 0. The minimum atomic E-state index is 0.857. The molecule has 0 spiro atoms. The predicted molar refractivity (Wildman–Crippen MR) is 65.7 cm³/mol. The topological polar surface area (TPSA) is 0 Å². The van der Waals surface area contributed by atoms with Gasteiger partial charge in [-0.2, -0.15) is 0 Å². The highest BCUT2D eigenvalue weighted by Crippen LogP contribution is 2.23. The van der Waals surface area contributed by atoms with Crippen molar-refractivity contribution in [1.29, 1.82) is 0 Å². The highest BCUT2D eigenvalue weighted by molar-refractivity contribution is 5.67. The first-order valence-electron chi connectivity index (χ1n) is 5.25. The van der Waals surface area contributed by atoms with Gasteiger partial charge in [-0.3, -0.25) is 0 Å². The molecule has 0 fully saturated rings. The number of aryl methyl sites for hydroxylation is 1. The van der Waals surface area contributed by atoms with Crippen molar-refractivity contribution < 1.29 is 0 Å². The lowest BCUT2D eigenvalue weighted by molar-refractivity contribution is 1.25. The summed E-state index contributed by atoms with van der Waals surface area (Å²) >= 11 is 0. The van der Waals surface area contributed by atoms with Crippen molar-refractivity contribution in [1.82, 2.24) is 0 Å². The second-order valence-corrected chi connectivity index (χ2v) is 3.77. The minimum absolute atomic E-state index is 0.857. The molecule has 75 valence electrons. The highest BCUT2D eigenvalue weighted by atomic mass is 14.1. The third-order valence-corrected chi connectivity index (χ3v) is 2.66. The maximum atomic E-state index is 3.90. The van der Waals surface area contributed by atoms with Crippen LogP contribution >= 0.6 is 0 Å². The summed E-state index contributed by atoms with van der Waals surface area (Å²) in [7, 11) is 0. The number of hydrogen-bond acceptors (Lipinski definition) is 0. The molecule has 2 aromatic carbocycles. The van der Waals surface area contributed by atoms with Crippen molar-refractivity contribution in [2.75, 3.05) is 0 Å². The van der Waals surface area contributed by atoms with E-state index in [0.717, 1.165) is 6.42 Å². The monoisotopic (exact) mass is 195 g/mol. The zero-order chi connectivity index (χ0) is 10.7. The van der Waals surface area contributed by atoms with Crippen LogP contribution in [0, 0.1) is 13.8 Å². The molecule has 0 heteroatoms. The lowest BCUT2D eigenvalue weighted by Crippen LogP contribution is -1.86. The fraction of sp³-hybridized carbons (Fsp3) is 0.133. The van der Waals surface area contributed by atoms with Gasteiger partial charge in [0.05, 0.1) is 0 Å². The Balaban J connectivity index is 2.46. The van der Waals surface area contributed by atoms with Gasteiger partial charge >= 0.3 is 0 Å². The molecule has 0 N–H and O–H groups in total. The Labute approximate surface area is 91.6 Å². The van der Waals surface area contributed by atoms with Crippen LogP contribution in [0.1, 0.15) is 11.1 Å². The van der Waals surface area contributed by atoms with E-state index in [4.69, 9.17) is 0 Å². The molecule has 15 heavy (non-hydrogen) atoms. The molecule has 2 aromatic rings. The van der Waals surface area contributed by atoms with E-state index >= 15 is 0 Å². The Morgan fingerprint density at radius 3 is 2.33 bits per heavy atom. The average Bonchev–Trinajstić information content (AvgIpc) is 2.30. The molecule has 2 rings (SSSR count). The Morgan fingerprint density at radius 1 is 1.00 bits per heavy atom. The lowest BCUT2D eigenvalue weighted by atomic mass is 9.98. The molecule has 0 saturated heterocycles. The molecule has 0 bridgehead atoms. The van der Waals surface area contributed by atoms with Crippen molar-refractivity contribution in [3.63, 3.8) is 0 Å². The van der Waals surface area contributed by atoms with Gasteiger partial charge in [0.2, 0.25) is 0 Å². The second kappa shape index (κ2) is 4.31. The van der Waals surface area contributed by atoms with Crippen LogP contribution in [0.25, 0.3) is 11.1 Å². The molecule has 0 aliphatic carbocycles. The second-order valence-electron chi connectivity index (χ2n) is 3.77. The van der Waals surface area contributed by atoms with Crippen molar-refractivity contribution in [3.05, 3.63) is 66.6 Å². The van der Waals surface area contributed by atoms with E-state index in [0.29, 0.717) is 0 Å². The summed E-state index contributed by atoms with van der Waals surface area (Å²) < 4.78 is 0. The quantitative estimate of drug-likeness (QED) is 0.678. The van der Waals surface area contributed by atoms with E-state index in [9.17, 15) is 0 Å². The van der Waals surface area contributed by atoms with E-state index in [1.807, 2.05) is 6.07 Å². The van der Waals surface area contributed by atoms with Gasteiger partial charge in [0, 0.05) is 0 Å². The predicted octanol–water partition coefficient (Wildman–Crippen LogP) is 4.04. The first-order chi connectivity index (χ1) is 7.31. The van der Waals surface area contributed by atoms with Crippen molar-refractivity contribution in [2.24, 2.45) is 0 Å². The summed E-state index contributed by atoms with van der Waals surface area (Å²) in [5.41, 5.74) is 5.22. The number of hydrogen-bond donors (Lipinski definition) is 0. The largest absolute Gasteiger partial charge is 0.0622 e. The van der Waals surface area contributed by atoms with E-state index in [2.05, 4.69) is 56.3 Å². The summed E-state index contributed by atoms with van der Waals surface area (Å²) in [5, 5.41) is 0. The van der Waals surface area contributed by atoms with E-state index < -0.39 is 0 Å². The fourth-order valence-corrected chi connectivity index (χ4v) is 1.82. The number of rotatable bonds is 2. The summed E-state index contributed by atoms with van der Waals surface area (Å²) in [6, 6.07) is 17.0. The van der Waals surface area contributed by atoms with E-state index in [1.54, 1.807) is 0 Å². The van der Waals surface area contributed by atoms with Crippen LogP contribution in [0.15, 0.2) is 48.5 Å². The molecular formula is C15H15. The van der Waals surface area contributed by atoms with Gasteiger partial charge in [-0.1, -0.05) is 48.5 Å². The summed E-state index contributed by atoms with van der Waals surface area (Å²) in [5.74, 6) is 0. The SMILES string of the molecule is [CH2]Cc1ccc(-c2ccccc2)c(C)c1. The molecule has 0 nitrogen and oxygen atoms in total. The minimum Gasteiger partial charge on any atom is -0.0622 e. The standard InChI is InChI=1S/C15H15/c1-3-13-9-10-15(12(2)11-13)14-7-5-4-6-8-14/h4-11H,1,3H2,2H3. The third kappa shape index (κ3) is 2.10. The van der Waals surface area contributed by atoms with Crippen molar-refractivity contribution in [3.8, 4) is 11.1 Å². The molecule has 0 amide bonds. The smallest absolute Gasteiger partial charge is 0.0155 e. The summed E-state index contributed by atoms with van der Waals surface area (Å²) in [6.07, 6.45) is 0.857. The maximum Gasteiger partial charge on any atom is -0.0155 e. The normalized spacial score (nSPS) is 10.3.